The highest BCUT2D eigenvalue weighted by atomic mass is 35.5. The van der Waals surface area contributed by atoms with E-state index in [-0.39, 0.29) is 0 Å². The molecule has 5 rings (SSSR count). The van der Waals surface area contributed by atoms with Gasteiger partial charge in [0.25, 0.3) is 0 Å². The lowest BCUT2D eigenvalue weighted by molar-refractivity contribution is 0.0945. The van der Waals surface area contributed by atoms with Crippen molar-refractivity contribution in [1.29, 1.82) is 0 Å². The summed E-state index contributed by atoms with van der Waals surface area (Å²) >= 11 is 6.40. The van der Waals surface area contributed by atoms with E-state index in [9.17, 15) is 0 Å². The number of hydrogen-bond acceptors (Lipinski definition) is 6. The molecule has 2 aliphatic heterocycles. The Hall–Kier alpha value is -3.09. The van der Waals surface area contributed by atoms with Crippen LogP contribution in [0.1, 0.15) is 43.7 Å². The predicted molar refractivity (Wildman–Crippen MR) is 157 cm³/mol. The van der Waals surface area contributed by atoms with Crippen LogP contribution >= 0.6 is 11.6 Å². The van der Waals surface area contributed by atoms with Crippen LogP contribution in [-0.2, 0) is 0 Å². The fourth-order valence-corrected chi connectivity index (χ4v) is 5.67. The van der Waals surface area contributed by atoms with Crippen molar-refractivity contribution < 1.29 is 0 Å². The Kier molecular flexibility index (Phi) is 7.40. The minimum atomic E-state index is 0.472. The largest absolute Gasteiger partial charge is 0.371 e. The molecule has 0 bridgehead atoms. The summed E-state index contributed by atoms with van der Waals surface area (Å²) in [6, 6.07) is 14.5. The van der Waals surface area contributed by atoms with Gasteiger partial charge in [-0.25, -0.2) is 4.98 Å². The first-order chi connectivity index (χ1) is 17.8. The van der Waals surface area contributed by atoms with Gasteiger partial charge in [-0.3, -0.25) is 0 Å². The molecule has 194 valence electrons. The number of anilines is 5. The van der Waals surface area contributed by atoms with Gasteiger partial charge in [0.15, 0.2) is 5.82 Å². The van der Waals surface area contributed by atoms with E-state index in [0.29, 0.717) is 22.2 Å². The van der Waals surface area contributed by atoms with Crippen LogP contribution < -0.4 is 15.5 Å². The molecule has 0 saturated carbocycles. The van der Waals surface area contributed by atoms with Crippen LogP contribution in [0.25, 0.3) is 5.57 Å². The number of allylic oxidation sites excluding steroid dienone is 1. The van der Waals surface area contributed by atoms with E-state index < -0.39 is 0 Å². The van der Waals surface area contributed by atoms with Crippen LogP contribution in [0.5, 0.6) is 0 Å². The van der Waals surface area contributed by atoms with E-state index >= 15 is 0 Å². The molecule has 6 nitrogen and oxygen atoms in total. The molecule has 3 aromatic rings. The number of aromatic nitrogens is 2. The van der Waals surface area contributed by atoms with E-state index in [0.717, 1.165) is 41.2 Å². The highest BCUT2D eigenvalue weighted by Crippen LogP contribution is 2.43. The molecule has 2 aromatic carbocycles. The van der Waals surface area contributed by atoms with Crippen molar-refractivity contribution in [2.75, 3.05) is 48.8 Å². The summed E-state index contributed by atoms with van der Waals surface area (Å²) in [5.74, 6) is 1.06. The van der Waals surface area contributed by atoms with Crippen molar-refractivity contribution in [3.63, 3.8) is 0 Å². The van der Waals surface area contributed by atoms with E-state index in [4.69, 9.17) is 11.6 Å². The smallest absolute Gasteiger partial charge is 0.229 e. The molecule has 2 saturated heterocycles. The van der Waals surface area contributed by atoms with Gasteiger partial charge >= 0.3 is 0 Å². The molecule has 2 N–H and O–H groups in total. The van der Waals surface area contributed by atoms with E-state index in [1.807, 2.05) is 31.2 Å². The summed E-state index contributed by atoms with van der Waals surface area (Å²) in [4.78, 5) is 14.1. The van der Waals surface area contributed by atoms with E-state index in [2.05, 4.69) is 69.2 Å². The molecule has 2 aliphatic rings. The standard InChI is InChI=1S/C30H37ClN6/c1-21(2)24-19-23(9-10-27(24)37-17-13-30(14-18-37)11-15-36(4)16-12-30)33-29-32-20-25(31)28(35-29)34-26-8-6-5-7-22(26)3/h5-10,19-20H,1,11-18H2,2-4H3,(H2,32,33,34,35). The molecule has 0 unspecified atom stereocenters. The fraction of sp³-hybridized carbons (Fsp3) is 0.400. The van der Waals surface area contributed by atoms with Crippen molar-refractivity contribution in [3.05, 3.63) is 71.4 Å². The molecule has 0 amide bonds. The monoisotopic (exact) mass is 516 g/mol. The molecule has 7 heteroatoms. The first kappa shape index (κ1) is 25.6. The maximum atomic E-state index is 6.40. The molecule has 0 atom stereocenters. The Morgan fingerprint density at radius 3 is 2.41 bits per heavy atom. The third kappa shape index (κ3) is 5.76. The van der Waals surface area contributed by atoms with Gasteiger partial charge in [-0.1, -0.05) is 36.4 Å². The van der Waals surface area contributed by atoms with Crippen molar-refractivity contribution in [1.82, 2.24) is 14.9 Å². The molecular formula is C30H37ClN6. The summed E-state index contributed by atoms with van der Waals surface area (Å²) in [6.07, 6.45) is 6.82. The first-order valence-electron chi connectivity index (χ1n) is 13.2. The van der Waals surface area contributed by atoms with Gasteiger partial charge in [-0.05, 0) is 100 Å². The molecule has 3 heterocycles. The van der Waals surface area contributed by atoms with Crippen LogP contribution in [0.2, 0.25) is 5.02 Å². The van der Waals surface area contributed by atoms with E-state index in [1.54, 1.807) is 6.20 Å². The fourth-order valence-electron chi connectivity index (χ4n) is 5.53. The van der Waals surface area contributed by atoms with Crippen molar-refractivity contribution >= 4 is 46.0 Å². The molecule has 1 aromatic heterocycles. The lowest BCUT2D eigenvalue weighted by Crippen LogP contribution is -2.46. The minimum Gasteiger partial charge on any atom is -0.371 e. The Bertz CT molecular complexity index is 1270. The number of para-hydroxylation sites is 1. The van der Waals surface area contributed by atoms with Crippen molar-refractivity contribution in [2.24, 2.45) is 5.41 Å². The summed E-state index contributed by atoms with van der Waals surface area (Å²) in [7, 11) is 2.24. The topological polar surface area (TPSA) is 56.3 Å². The molecule has 0 radical (unpaired) electrons. The van der Waals surface area contributed by atoms with Gasteiger partial charge in [-0.2, -0.15) is 4.98 Å². The average molecular weight is 517 g/mol. The van der Waals surface area contributed by atoms with Gasteiger partial charge in [0.2, 0.25) is 5.95 Å². The maximum Gasteiger partial charge on any atom is 0.229 e. The van der Waals surface area contributed by atoms with Crippen molar-refractivity contribution in [3.8, 4) is 0 Å². The number of nitrogens with zero attached hydrogens (tertiary/aromatic N) is 4. The Balaban J connectivity index is 1.31. The van der Waals surface area contributed by atoms with Gasteiger partial charge < -0.3 is 20.4 Å². The summed E-state index contributed by atoms with van der Waals surface area (Å²) in [5, 5.41) is 7.16. The zero-order valence-electron chi connectivity index (χ0n) is 22.1. The zero-order valence-corrected chi connectivity index (χ0v) is 22.9. The first-order valence-corrected chi connectivity index (χ1v) is 13.6. The molecule has 1 spiro atoms. The Labute approximate surface area is 225 Å². The number of piperidine rings is 2. The van der Waals surface area contributed by atoms with Crippen LogP contribution in [0.4, 0.5) is 28.8 Å². The highest BCUT2D eigenvalue weighted by Gasteiger charge is 2.37. The van der Waals surface area contributed by atoms with Gasteiger partial charge in [0.1, 0.15) is 5.02 Å². The van der Waals surface area contributed by atoms with Gasteiger partial charge in [0, 0.05) is 35.7 Å². The van der Waals surface area contributed by atoms with Crippen LogP contribution in [0, 0.1) is 12.3 Å². The molecule has 37 heavy (non-hydrogen) atoms. The number of hydrogen-bond donors (Lipinski definition) is 2. The van der Waals surface area contributed by atoms with E-state index in [1.165, 1.54) is 44.5 Å². The van der Waals surface area contributed by atoms with Crippen LogP contribution in [-0.4, -0.2) is 48.1 Å². The van der Waals surface area contributed by atoms with Gasteiger partial charge in [0.05, 0.1) is 6.20 Å². The second kappa shape index (κ2) is 10.7. The SMILES string of the molecule is C=C(C)c1cc(Nc2ncc(Cl)c(Nc3ccccc3C)n2)ccc1N1CCC2(CCN(C)CC2)CC1. The van der Waals surface area contributed by atoms with Crippen molar-refractivity contribution in [2.45, 2.75) is 39.5 Å². The number of aryl methyl sites for hydroxylation is 1. The lowest BCUT2D eigenvalue weighted by atomic mass is 9.71. The maximum absolute atomic E-state index is 6.40. The Morgan fingerprint density at radius 2 is 1.70 bits per heavy atom. The number of halogens is 1. The quantitative estimate of drug-likeness (QED) is 0.359. The number of rotatable bonds is 6. The second-order valence-electron chi connectivity index (χ2n) is 10.8. The highest BCUT2D eigenvalue weighted by molar-refractivity contribution is 6.32. The summed E-state index contributed by atoms with van der Waals surface area (Å²) in [5.41, 5.74) is 7.02. The minimum absolute atomic E-state index is 0.472. The normalized spacial score (nSPS) is 17.6. The molecule has 0 aliphatic carbocycles. The number of nitrogens with one attached hydrogen (secondary N) is 2. The predicted octanol–water partition coefficient (Wildman–Crippen LogP) is 7.27. The second-order valence-corrected chi connectivity index (χ2v) is 11.2. The third-order valence-corrected chi connectivity index (χ3v) is 8.34. The lowest BCUT2D eigenvalue weighted by Gasteiger charge is -2.47. The number of benzene rings is 2. The number of likely N-dealkylation sites (tertiary alicyclic amines) is 1. The molecule has 2 fully saturated rings. The summed E-state index contributed by atoms with van der Waals surface area (Å²) < 4.78 is 0. The van der Waals surface area contributed by atoms with Crippen LogP contribution in [0.15, 0.2) is 55.2 Å². The van der Waals surface area contributed by atoms with Gasteiger partial charge in [-0.15, -0.1) is 0 Å². The average Bonchev–Trinajstić information content (AvgIpc) is 2.90. The van der Waals surface area contributed by atoms with Crippen LogP contribution in [0.3, 0.4) is 0 Å². The Morgan fingerprint density at radius 1 is 1.00 bits per heavy atom. The third-order valence-electron chi connectivity index (χ3n) is 8.07. The summed E-state index contributed by atoms with van der Waals surface area (Å²) in [6.45, 7) is 13.1. The zero-order chi connectivity index (χ0) is 26.0. The molecular weight excluding hydrogens is 480 g/mol.